The van der Waals surface area contributed by atoms with Gasteiger partial charge in [-0.1, -0.05) is 30.1 Å². The minimum absolute atomic E-state index is 0.156. The average Bonchev–Trinajstić information content (AvgIpc) is 2.74. The van der Waals surface area contributed by atoms with Crippen LogP contribution in [0.15, 0.2) is 42.5 Å². The van der Waals surface area contributed by atoms with E-state index in [9.17, 15) is 9.59 Å². The van der Waals surface area contributed by atoms with Gasteiger partial charge in [-0.2, -0.15) is 0 Å². The van der Waals surface area contributed by atoms with Gasteiger partial charge >= 0.3 is 0 Å². The standard InChI is InChI=1S/C22H25Cl2N3O3/c1-2-3-22(29)27-12-10-26(11-13-27)18-7-5-17(6-8-18)25-21(28)15-30-20-9-4-16(23)14-19(20)24/h4-9,14H,2-3,10-13,15H2,1H3,(H,25,28). The molecule has 1 N–H and O–H groups in total. The number of benzene rings is 2. The van der Waals surface area contributed by atoms with Gasteiger partial charge < -0.3 is 19.9 Å². The number of nitrogens with zero attached hydrogens (tertiary/aromatic N) is 2. The number of carbonyl (C=O) groups is 2. The Labute approximate surface area is 186 Å². The van der Waals surface area contributed by atoms with Gasteiger partial charge in [-0.15, -0.1) is 0 Å². The molecule has 30 heavy (non-hydrogen) atoms. The summed E-state index contributed by atoms with van der Waals surface area (Å²) in [7, 11) is 0. The van der Waals surface area contributed by atoms with Gasteiger partial charge in [0.05, 0.1) is 5.02 Å². The van der Waals surface area contributed by atoms with E-state index in [-0.39, 0.29) is 18.4 Å². The second kappa shape index (κ2) is 10.5. The Morgan fingerprint density at radius 1 is 1.03 bits per heavy atom. The lowest BCUT2D eigenvalue weighted by atomic mass is 10.2. The maximum absolute atomic E-state index is 12.2. The molecule has 0 aromatic heterocycles. The molecule has 1 fully saturated rings. The second-order valence-corrected chi connectivity index (χ2v) is 7.92. The van der Waals surface area contributed by atoms with Gasteiger partial charge in [-0.05, 0) is 48.9 Å². The van der Waals surface area contributed by atoms with E-state index in [0.29, 0.717) is 27.9 Å². The maximum atomic E-state index is 12.2. The number of ether oxygens (including phenoxy) is 1. The van der Waals surface area contributed by atoms with Crippen molar-refractivity contribution >= 4 is 46.4 Å². The van der Waals surface area contributed by atoms with Crippen LogP contribution in [0.25, 0.3) is 0 Å². The lowest BCUT2D eigenvalue weighted by molar-refractivity contribution is -0.131. The fourth-order valence-electron chi connectivity index (χ4n) is 3.27. The summed E-state index contributed by atoms with van der Waals surface area (Å²) in [5.74, 6) is 0.359. The summed E-state index contributed by atoms with van der Waals surface area (Å²) in [5, 5.41) is 3.67. The summed E-state index contributed by atoms with van der Waals surface area (Å²) < 4.78 is 5.45. The molecular weight excluding hydrogens is 425 g/mol. The molecule has 0 bridgehead atoms. The monoisotopic (exact) mass is 449 g/mol. The summed E-state index contributed by atoms with van der Waals surface area (Å²) in [6.07, 6.45) is 1.49. The zero-order valence-electron chi connectivity index (χ0n) is 16.9. The van der Waals surface area contributed by atoms with E-state index in [1.54, 1.807) is 18.2 Å². The van der Waals surface area contributed by atoms with Crippen LogP contribution >= 0.6 is 23.2 Å². The van der Waals surface area contributed by atoms with E-state index in [4.69, 9.17) is 27.9 Å². The summed E-state index contributed by atoms with van der Waals surface area (Å²) in [5.41, 5.74) is 1.76. The fourth-order valence-corrected chi connectivity index (χ4v) is 3.74. The number of carbonyl (C=O) groups excluding carboxylic acids is 2. The van der Waals surface area contributed by atoms with Crippen LogP contribution in [0.1, 0.15) is 19.8 Å². The maximum Gasteiger partial charge on any atom is 0.262 e. The first-order valence-corrected chi connectivity index (χ1v) is 10.7. The Kier molecular flexibility index (Phi) is 7.82. The van der Waals surface area contributed by atoms with Crippen LogP contribution in [0.2, 0.25) is 10.0 Å². The van der Waals surface area contributed by atoms with Gasteiger partial charge in [-0.3, -0.25) is 9.59 Å². The first-order chi connectivity index (χ1) is 14.5. The number of hydrogen-bond acceptors (Lipinski definition) is 4. The van der Waals surface area contributed by atoms with Gasteiger partial charge in [0.25, 0.3) is 5.91 Å². The normalized spacial score (nSPS) is 13.8. The Balaban J connectivity index is 1.47. The Morgan fingerprint density at radius 2 is 1.73 bits per heavy atom. The van der Waals surface area contributed by atoms with Crippen LogP contribution in [-0.4, -0.2) is 49.5 Å². The molecule has 1 aliphatic heterocycles. The number of anilines is 2. The highest BCUT2D eigenvalue weighted by Gasteiger charge is 2.20. The quantitative estimate of drug-likeness (QED) is 0.677. The minimum Gasteiger partial charge on any atom is -0.482 e. The lowest BCUT2D eigenvalue weighted by Crippen LogP contribution is -2.48. The molecule has 2 aromatic carbocycles. The van der Waals surface area contributed by atoms with E-state index in [2.05, 4.69) is 10.2 Å². The molecule has 2 amide bonds. The molecule has 3 rings (SSSR count). The summed E-state index contributed by atoms with van der Waals surface area (Å²) in [4.78, 5) is 28.3. The Morgan fingerprint density at radius 3 is 2.37 bits per heavy atom. The minimum atomic E-state index is -0.281. The van der Waals surface area contributed by atoms with Gasteiger partial charge in [0.15, 0.2) is 6.61 Å². The number of nitrogens with one attached hydrogen (secondary N) is 1. The SMILES string of the molecule is CCCC(=O)N1CCN(c2ccc(NC(=O)COc3ccc(Cl)cc3Cl)cc2)CC1. The van der Waals surface area contributed by atoms with E-state index in [0.717, 1.165) is 38.3 Å². The van der Waals surface area contributed by atoms with Crippen molar-refractivity contribution in [2.75, 3.05) is 43.0 Å². The fraction of sp³-hybridized carbons (Fsp3) is 0.364. The lowest BCUT2D eigenvalue weighted by Gasteiger charge is -2.36. The van der Waals surface area contributed by atoms with Crippen LogP contribution in [-0.2, 0) is 9.59 Å². The zero-order valence-corrected chi connectivity index (χ0v) is 18.4. The number of rotatable bonds is 7. The molecule has 1 heterocycles. The van der Waals surface area contributed by atoms with Gasteiger partial charge in [0.1, 0.15) is 5.75 Å². The molecule has 2 aromatic rings. The number of piperazine rings is 1. The second-order valence-electron chi connectivity index (χ2n) is 7.08. The largest absolute Gasteiger partial charge is 0.482 e. The third-order valence-electron chi connectivity index (χ3n) is 4.87. The Hall–Kier alpha value is -2.44. The highest BCUT2D eigenvalue weighted by Crippen LogP contribution is 2.27. The molecule has 0 atom stereocenters. The van der Waals surface area contributed by atoms with Crippen molar-refractivity contribution in [3.63, 3.8) is 0 Å². The van der Waals surface area contributed by atoms with Crippen LogP contribution in [0.3, 0.4) is 0 Å². The van der Waals surface area contributed by atoms with Crippen molar-refractivity contribution in [3.05, 3.63) is 52.5 Å². The highest BCUT2D eigenvalue weighted by molar-refractivity contribution is 6.35. The van der Waals surface area contributed by atoms with Gasteiger partial charge in [0, 0.05) is 49.0 Å². The number of hydrogen-bond donors (Lipinski definition) is 1. The third-order valence-corrected chi connectivity index (χ3v) is 5.40. The van der Waals surface area contributed by atoms with E-state index >= 15 is 0 Å². The summed E-state index contributed by atoms with van der Waals surface area (Å²) in [6.45, 7) is 4.95. The van der Waals surface area contributed by atoms with Gasteiger partial charge in [0.2, 0.25) is 5.91 Å². The topological polar surface area (TPSA) is 61.9 Å². The van der Waals surface area contributed by atoms with E-state index in [1.165, 1.54) is 0 Å². The van der Waals surface area contributed by atoms with E-state index in [1.807, 2.05) is 36.1 Å². The molecule has 0 radical (unpaired) electrons. The van der Waals surface area contributed by atoms with Crippen LogP contribution in [0.5, 0.6) is 5.75 Å². The molecule has 6 nitrogen and oxygen atoms in total. The molecule has 0 saturated carbocycles. The zero-order chi connectivity index (χ0) is 21.5. The van der Waals surface area contributed by atoms with Crippen molar-refractivity contribution < 1.29 is 14.3 Å². The Bertz CT molecular complexity index is 882. The first-order valence-electron chi connectivity index (χ1n) is 9.96. The molecule has 160 valence electrons. The summed E-state index contributed by atoms with van der Waals surface area (Å²) in [6, 6.07) is 12.5. The third kappa shape index (κ3) is 6.03. The summed E-state index contributed by atoms with van der Waals surface area (Å²) >= 11 is 11.9. The van der Waals surface area contributed by atoms with Crippen LogP contribution < -0.4 is 15.0 Å². The number of amides is 2. The molecular formula is C22H25Cl2N3O3. The van der Waals surface area contributed by atoms with E-state index < -0.39 is 0 Å². The van der Waals surface area contributed by atoms with Crippen molar-refractivity contribution in [2.45, 2.75) is 19.8 Å². The molecule has 0 spiro atoms. The average molecular weight is 450 g/mol. The van der Waals surface area contributed by atoms with Crippen molar-refractivity contribution in [1.82, 2.24) is 4.90 Å². The smallest absolute Gasteiger partial charge is 0.262 e. The van der Waals surface area contributed by atoms with Crippen LogP contribution in [0, 0.1) is 0 Å². The predicted octanol–water partition coefficient (Wildman–Crippen LogP) is 4.46. The van der Waals surface area contributed by atoms with Crippen LogP contribution in [0.4, 0.5) is 11.4 Å². The first kappa shape index (κ1) is 22.2. The molecule has 0 aliphatic carbocycles. The highest BCUT2D eigenvalue weighted by atomic mass is 35.5. The molecule has 1 saturated heterocycles. The number of halogens is 2. The van der Waals surface area contributed by atoms with Crippen molar-refractivity contribution in [3.8, 4) is 5.75 Å². The van der Waals surface area contributed by atoms with Crippen molar-refractivity contribution in [1.29, 1.82) is 0 Å². The predicted molar refractivity (Wildman–Crippen MR) is 121 cm³/mol. The molecule has 0 unspecified atom stereocenters. The molecule has 8 heteroatoms. The van der Waals surface area contributed by atoms with Gasteiger partial charge in [-0.25, -0.2) is 0 Å². The molecule has 1 aliphatic rings. The van der Waals surface area contributed by atoms with Crippen molar-refractivity contribution in [2.24, 2.45) is 0 Å².